The molecule has 2 aromatic carbocycles. The molecule has 4 nitrogen and oxygen atoms in total. The highest BCUT2D eigenvalue weighted by molar-refractivity contribution is 5.89. The maximum absolute atomic E-state index is 11.0. The van der Waals surface area contributed by atoms with Gasteiger partial charge in [-0.2, -0.15) is 5.06 Å². The lowest BCUT2D eigenvalue weighted by Crippen LogP contribution is -2.27. The van der Waals surface area contributed by atoms with Crippen molar-refractivity contribution in [1.82, 2.24) is 0 Å². The third-order valence-corrected chi connectivity index (χ3v) is 3.35. The van der Waals surface area contributed by atoms with Crippen LogP contribution in [0.3, 0.4) is 0 Å². The van der Waals surface area contributed by atoms with E-state index in [4.69, 9.17) is 9.94 Å². The van der Waals surface area contributed by atoms with Crippen LogP contribution in [0, 0.1) is 0 Å². The smallest absolute Gasteiger partial charge is 0.308 e. The van der Waals surface area contributed by atoms with Crippen molar-refractivity contribution in [2.24, 2.45) is 0 Å². The number of benzene rings is 2. The molecule has 1 heterocycles. The van der Waals surface area contributed by atoms with Crippen molar-refractivity contribution in [2.75, 3.05) is 5.06 Å². The van der Waals surface area contributed by atoms with Crippen molar-refractivity contribution in [2.45, 2.75) is 27.2 Å². The number of carboxylic acids is 1. The number of hydroxylamine groups is 1. The molecule has 0 saturated heterocycles. The second-order valence-electron chi connectivity index (χ2n) is 4.98. The van der Waals surface area contributed by atoms with E-state index in [2.05, 4.69) is 5.73 Å². The summed E-state index contributed by atoms with van der Waals surface area (Å²) >= 11 is 0. The second kappa shape index (κ2) is 8.04. The number of hydrogen-bond acceptors (Lipinski definition) is 3. The molecule has 124 valence electrons. The van der Waals surface area contributed by atoms with Gasteiger partial charge in [-0.1, -0.05) is 56.0 Å². The molecule has 4 heteroatoms. The van der Waals surface area contributed by atoms with Crippen molar-refractivity contribution in [1.29, 1.82) is 0 Å². The van der Waals surface area contributed by atoms with Gasteiger partial charge in [-0.15, -0.1) is 0 Å². The Hall–Kier alpha value is -2.97. The molecule has 0 saturated carbocycles. The minimum absolute atomic E-state index is 0.0620. The number of para-hydroxylation sites is 2. The summed E-state index contributed by atoms with van der Waals surface area (Å²) in [6.07, 6.45) is -0.0620. The van der Waals surface area contributed by atoms with E-state index in [1.165, 1.54) is 0 Å². The Labute approximate surface area is 142 Å². The number of fused-ring (bicyclic) bond motifs is 1. The molecule has 1 aliphatic heterocycles. The number of anilines is 1. The first kappa shape index (κ1) is 17.4. The van der Waals surface area contributed by atoms with Gasteiger partial charge in [0, 0.05) is 11.1 Å². The van der Waals surface area contributed by atoms with Gasteiger partial charge in [-0.05, 0) is 25.1 Å². The van der Waals surface area contributed by atoms with Crippen LogP contribution < -0.4 is 9.90 Å². The van der Waals surface area contributed by atoms with Crippen molar-refractivity contribution in [3.8, 4) is 5.75 Å². The minimum atomic E-state index is -0.873. The predicted octanol–water partition coefficient (Wildman–Crippen LogP) is 4.89. The van der Waals surface area contributed by atoms with Gasteiger partial charge in [-0.25, -0.2) is 0 Å². The summed E-state index contributed by atoms with van der Waals surface area (Å²) < 4.78 is 0. The molecule has 0 radical (unpaired) electrons. The predicted molar refractivity (Wildman–Crippen MR) is 95.7 cm³/mol. The molecule has 0 aromatic heterocycles. The standard InChI is InChI=1S/C18H15NO3.C2H6/c1-13-11-14(12-18(20)21)16-9-5-6-10-17(16)19(13)22-15-7-3-2-4-8-15;1-2/h2-10H,12H2,1H3,(H,20,21);1-2H3. The Bertz CT molecular complexity index is 774. The van der Waals surface area contributed by atoms with Crippen LogP contribution in [0.15, 0.2) is 66.0 Å². The fourth-order valence-corrected chi connectivity index (χ4v) is 2.42. The summed E-state index contributed by atoms with van der Waals surface area (Å²) in [6.45, 7) is 5.85. The third kappa shape index (κ3) is 3.86. The van der Waals surface area contributed by atoms with Crippen molar-refractivity contribution < 1.29 is 14.7 Å². The van der Waals surface area contributed by atoms with E-state index in [1.807, 2.05) is 75.4 Å². The molecule has 1 aliphatic rings. The molecule has 0 spiro atoms. The summed E-state index contributed by atoms with van der Waals surface area (Å²) in [5.74, 6) is -0.164. The maximum Gasteiger partial charge on any atom is 0.308 e. The van der Waals surface area contributed by atoms with Crippen LogP contribution in [0.1, 0.15) is 32.8 Å². The summed E-state index contributed by atoms with van der Waals surface area (Å²) in [6, 6.07) is 17.0. The molecule has 0 aliphatic carbocycles. The van der Waals surface area contributed by atoms with Gasteiger partial charge in [0.1, 0.15) is 0 Å². The van der Waals surface area contributed by atoms with Crippen molar-refractivity contribution >= 4 is 17.2 Å². The Morgan fingerprint density at radius 1 is 1.08 bits per heavy atom. The lowest BCUT2D eigenvalue weighted by molar-refractivity contribution is -0.135. The summed E-state index contributed by atoms with van der Waals surface area (Å²) in [5.41, 5.74) is 6.15. The Balaban J connectivity index is 0.00000100. The van der Waals surface area contributed by atoms with Crippen LogP contribution in [0.5, 0.6) is 5.75 Å². The first-order chi connectivity index (χ1) is 11.6. The first-order valence-electron chi connectivity index (χ1n) is 7.96. The van der Waals surface area contributed by atoms with E-state index in [1.54, 1.807) is 5.06 Å². The van der Waals surface area contributed by atoms with Crippen LogP contribution >= 0.6 is 0 Å². The number of hydrogen-bond donors (Lipinski definition) is 1. The molecule has 0 bridgehead atoms. The first-order valence-corrected chi connectivity index (χ1v) is 7.96. The second-order valence-corrected chi connectivity index (χ2v) is 4.98. The van der Waals surface area contributed by atoms with Gasteiger partial charge < -0.3 is 9.94 Å². The van der Waals surface area contributed by atoms with Crippen LogP contribution in [0.4, 0.5) is 5.69 Å². The Morgan fingerprint density at radius 3 is 2.38 bits per heavy atom. The number of carbonyl (C=O) groups is 1. The fraction of sp³-hybridized carbons (Fsp3) is 0.200. The van der Waals surface area contributed by atoms with Crippen LogP contribution in [0.2, 0.25) is 0 Å². The van der Waals surface area contributed by atoms with Crippen molar-refractivity contribution in [3.05, 3.63) is 71.6 Å². The van der Waals surface area contributed by atoms with Gasteiger partial charge in [0.05, 0.1) is 17.8 Å². The average Bonchev–Trinajstić information content (AvgIpc) is 2.60. The van der Waals surface area contributed by atoms with E-state index in [9.17, 15) is 4.79 Å². The Kier molecular flexibility index (Phi) is 5.83. The molecule has 0 amide bonds. The highest BCUT2D eigenvalue weighted by Crippen LogP contribution is 2.35. The lowest BCUT2D eigenvalue weighted by Gasteiger charge is -2.29. The normalized spacial score (nSPS) is 12.2. The molecule has 2 aromatic rings. The highest BCUT2D eigenvalue weighted by Gasteiger charge is 2.22. The molecule has 3 rings (SSSR count). The van der Waals surface area contributed by atoms with E-state index < -0.39 is 5.97 Å². The zero-order valence-corrected chi connectivity index (χ0v) is 14.1. The summed E-state index contributed by atoms with van der Waals surface area (Å²) in [5, 5.41) is 10.7. The SMILES string of the molecule is CC.CC1=C=C(CC(=O)O)c2ccccc2N1Oc1ccccc1. The molecule has 24 heavy (non-hydrogen) atoms. The van der Waals surface area contributed by atoms with Gasteiger partial charge in [0.2, 0.25) is 0 Å². The largest absolute Gasteiger partial charge is 0.481 e. The van der Waals surface area contributed by atoms with Crippen LogP contribution in [0.25, 0.3) is 5.57 Å². The topological polar surface area (TPSA) is 49.8 Å². The molecule has 1 N–H and O–H groups in total. The van der Waals surface area contributed by atoms with Gasteiger partial charge in [-0.3, -0.25) is 4.79 Å². The van der Waals surface area contributed by atoms with E-state index in [-0.39, 0.29) is 6.42 Å². The quantitative estimate of drug-likeness (QED) is 0.814. The third-order valence-electron chi connectivity index (χ3n) is 3.35. The van der Waals surface area contributed by atoms with E-state index in [0.29, 0.717) is 11.3 Å². The highest BCUT2D eigenvalue weighted by atomic mass is 16.7. The fourth-order valence-electron chi connectivity index (χ4n) is 2.42. The maximum atomic E-state index is 11.0. The summed E-state index contributed by atoms with van der Waals surface area (Å²) in [4.78, 5) is 17.0. The van der Waals surface area contributed by atoms with E-state index in [0.717, 1.165) is 16.9 Å². The molecular weight excluding hydrogens is 302 g/mol. The minimum Gasteiger partial charge on any atom is -0.481 e. The number of aliphatic carboxylic acids is 1. The Morgan fingerprint density at radius 2 is 1.71 bits per heavy atom. The van der Waals surface area contributed by atoms with Gasteiger partial charge in [0.25, 0.3) is 0 Å². The monoisotopic (exact) mass is 323 g/mol. The molecule has 0 unspecified atom stereocenters. The number of rotatable bonds is 4. The molecule has 0 fully saturated rings. The average molecular weight is 323 g/mol. The van der Waals surface area contributed by atoms with Crippen molar-refractivity contribution in [3.63, 3.8) is 0 Å². The van der Waals surface area contributed by atoms with Crippen LogP contribution in [-0.4, -0.2) is 11.1 Å². The molecule has 0 atom stereocenters. The summed E-state index contributed by atoms with van der Waals surface area (Å²) in [7, 11) is 0. The number of carboxylic acid groups (broad SMARTS) is 1. The zero-order valence-electron chi connectivity index (χ0n) is 14.1. The van der Waals surface area contributed by atoms with Gasteiger partial charge in [0.15, 0.2) is 5.75 Å². The number of nitrogens with zero attached hydrogens (tertiary/aromatic N) is 1. The lowest BCUT2D eigenvalue weighted by atomic mass is 9.98. The zero-order chi connectivity index (χ0) is 17.5. The van der Waals surface area contributed by atoms with E-state index >= 15 is 0 Å². The van der Waals surface area contributed by atoms with Crippen LogP contribution in [-0.2, 0) is 4.79 Å². The van der Waals surface area contributed by atoms with Gasteiger partial charge >= 0.3 is 5.97 Å². The molecular formula is C20H21NO3.